The molecule has 10 aromatic rings. The normalized spacial score (nSPS) is 11.8. The second-order valence-corrected chi connectivity index (χ2v) is 13.6. The predicted octanol–water partition coefficient (Wildman–Crippen LogP) is 13.3. The number of hydrogen-bond acceptors (Lipinski definition) is 1. The van der Waals surface area contributed by atoms with Gasteiger partial charge in [0.25, 0.3) is 0 Å². The predicted molar refractivity (Wildman–Crippen MR) is 207 cm³/mol. The Balaban J connectivity index is 1.14. The van der Waals surface area contributed by atoms with Gasteiger partial charge in [-0.05, 0) is 98.8 Å². The van der Waals surface area contributed by atoms with Crippen molar-refractivity contribution in [2.75, 3.05) is 0 Å². The molecule has 0 atom stereocenters. The Morgan fingerprint density at radius 3 is 1.58 bits per heavy atom. The highest BCUT2D eigenvalue weighted by Crippen LogP contribution is 2.44. The Kier molecular flexibility index (Phi) is 6.12. The fourth-order valence-corrected chi connectivity index (χ4v) is 8.73. The van der Waals surface area contributed by atoms with Gasteiger partial charge in [0.15, 0.2) is 0 Å². The summed E-state index contributed by atoms with van der Waals surface area (Å²) >= 11 is 1.91. The number of thiophene rings is 1. The summed E-state index contributed by atoms with van der Waals surface area (Å²) in [6.07, 6.45) is 0. The third kappa shape index (κ3) is 4.31. The van der Waals surface area contributed by atoms with Crippen LogP contribution in [0, 0.1) is 0 Å². The first-order valence-corrected chi connectivity index (χ1v) is 17.2. The van der Waals surface area contributed by atoms with Crippen LogP contribution in [0.3, 0.4) is 0 Å². The molecule has 0 fully saturated rings. The molecule has 2 heterocycles. The van der Waals surface area contributed by atoms with Crippen molar-refractivity contribution in [3.8, 4) is 39.1 Å². The van der Waals surface area contributed by atoms with Crippen molar-refractivity contribution in [2.45, 2.75) is 0 Å². The molecule has 0 bridgehead atoms. The minimum Gasteiger partial charge on any atom is -0.309 e. The highest BCUT2D eigenvalue weighted by Gasteiger charge is 2.18. The lowest BCUT2D eigenvalue weighted by molar-refractivity contribution is 1.18. The number of fused-ring (bicyclic) bond motifs is 8. The molecule has 0 spiro atoms. The molecule has 2 heteroatoms. The average Bonchev–Trinajstić information content (AvgIpc) is 3.69. The zero-order valence-electron chi connectivity index (χ0n) is 26.1. The van der Waals surface area contributed by atoms with Gasteiger partial charge in [-0.25, -0.2) is 0 Å². The van der Waals surface area contributed by atoms with Crippen LogP contribution in [0.25, 0.3) is 91.8 Å². The van der Waals surface area contributed by atoms with Crippen LogP contribution in [0.2, 0.25) is 0 Å². The summed E-state index contributed by atoms with van der Waals surface area (Å²) in [5, 5.41) is 7.88. The molecule has 0 unspecified atom stereocenters. The SMILES string of the molecule is c1ccc(-c2cc(-c3ccccc3)cc(-c3ccc(-n4c5ccccc5c5c6sc7cc8ccccc8cc7c6ccc54)cc3)c2)cc1. The summed E-state index contributed by atoms with van der Waals surface area (Å²) in [6.45, 7) is 0. The van der Waals surface area contributed by atoms with E-state index in [1.807, 2.05) is 11.3 Å². The van der Waals surface area contributed by atoms with Gasteiger partial charge in [0, 0.05) is 36.6 Å². The zero-order chi connectivity index (χ0) is 31.6. The van der Waals surface area contributed by atoms with E-state index in [-0.39, 0.29) is 0 Å². The van der Waals surface area contributed by atoms with E-state index in [0.29, 0.717) is 0 Å². The van der Waals surface area contributed by atoms with Crippen LogP contribution in [-0.4, -0.2) is 4.57 Å². The maximum absolute atomic E-state index is 2.44. The molecule has 0 saturated carbocycles. The van der Waals surface area contributed by atoms with E-state index in [1.165, 1.54) is 91.8 Å². The maximum Gasteiger partial charge on any atom is 0.0555 e. The van der Waals surface area contributed by atoms with E-state index < -0.39 is 0 Å². The summed E-state index contributed by atoms with van der Waals surface area (Å²) in [4.78, 5) is 0. The number of nitrogens with zero attached hydrogens (tertiary/aromatic N) is 1. The number of aromatic nitrogens is 1. The monoisotopic (exact) mass is 627 g/mol. The molecule has 0 aliphatic rings. The first-order valence-electron chi connectivity index (χ1n) is 16.4. The quantitative estimate of drug-likeness (QED) is 0.183. The van der Waals surface area contributed by atoms with Crippen LogP contribution in [0.15, 0.2) is 176 Å². The van der Waals surface area contributed by atoms with Crippen molar-refractivity contribution in [1.29, 1.82) is 0 Å². The molecular formula is C46H29NS. The van der Waals surface area contributed by atoms with Crippen molar-refractivity contribution >= 4 is 64.1 Å². The Bertz CT molecular complexity index is 2750. The molecule has 0 radical (unpaired) electrons. The summed E-state index contributed by atoms with van der Waals surface area (Å²) in [5.41, 5.74) is 10.9. The van der Waals surface area contributed by atoms with Crippen LogP contribution in [0.1, 0.15) is 0 Å². The molecule has 0 aliphatic carbocycles. The van der Waals surface area contributed by atoms with Crippen LogP contribution >= 0.6 is 11.3 Å². The van der Waals surface area contributed by atoms with Crippen molar-refractivity contribution in [3.63, 3.8) is 0 Å². The third-order valence-electron chi connectivity index (χ3n) is 9.75. The number of hydrogen-bond donors (Lipinski definition) is 0. The lowest BCUT2D eigenvalue weighted by Gasteiger charge is -2.13. The van der Waals surface area contributed by atoms with Gasteiger partial charge in [0.05, 0.1) is 11.0 Å². The van der Waals surface area contributed by atoms with Crippen LogP contribution < -0.4 is 0 Å². The van der Waals surface area contributed by atoms with Crippen LogP contribution in [0.4, 0.5) is 0 Å². The molecular weight excluding hydrogens is 599 g/mol. The molecule has 0 saturated heterocycles. The van der Waals surface area contributed by atoms with E-state index in [4.69, 9.17) is 0 Å². The number of benzene rings is 8. The third-order valence-corrected chi connectivity index (χ3v) is 10.9. The Morgan fingerprint density at radius 2 is 0.917 bits per heavy atom. The van der Waals surface area contributed by atoms with Crippen molar-refractivity contribution in [3.05, 3.63) is 176 Å². The van der Waals surface area contributed by atoms with Gasteiger partial charge in [-0.3, -0.25) is 0 Å². The summed E-state index contributed by atoms with van der Waals surface area (Å²) in [5.74, 6) is 0. The molecule has 8 aromatic carbocycles. The van der Waals surface area contributed by atoms with E-state index in [9.17, 15) is 0 Å². The summed E-state index contributed by atoms with van der Waals surface area (Å²) < 4.78 is 5.13. The van der Waals surface area contributed by atoms with Gasteiger partial charge < -0.3 is 4.57 Å². The fourth-order valence-electron chi connectivity index (χ4n) is 7.44. The first-order chi connectivity index (χ1) is 23.8. The van der Waals surface area contributed by atoms with Gasteiger partial charge in [0.1, 0.15) is 0 Å². The van der Waals surface area contributed by atoms with Crippen molar-refractivity contribution < 1.29 is 0 Å². The van der Waals surface area contributed by atoms with Gasteiger partial charge in [-0.2, -0.15) is 0 Å². The molecule has 2 aromatic heterocycles. The number of para-hydroxylation sites is 1. The van der Waals surface area contributed by atoms with E-state index in [0.717, 1.165) is 0 Å². The minimum atomic E-state index is 1.17. The summed E-state index contributed by atoms with van der Waals surface area (Å²) in [7, 11) is 0. The largest absolute Gasteiger partial charge is 0.309 e. The second-order valence-electron chi connectivity index (χ2n) is 12.6. The van der Waals surface area contributed by atoms with Crippen LogP contribution in [-0.2, 0) is 0 Å². The highest BCUT2D eigenvalue weighted by atomic mass is 32.1. The first kappa shape index (κ1) is 27.2. The van der Waals surface area contributed by atoms with Crippen molar-refractivity contribution in [1.82, 2.24) is 4.57 Å². The zero-order valence-corrected chi connectivity index (χ0v) is 26.9. The molecule has 48 heavy (non-hydrogen) atoms. The lowest BCUT2D eigenvalue weighted by atomic mass is 9.93. The smallest absolute Gasteiger partial charge is 0.0555 e. The van der Waals surface area contributed by atoms with E-state index >= 15 is 0 Å². The molecule has 0 aliphatic heterocycles. The van der Waals surface area contributed by atoms with Crippen molar-refractivity contribution in [2.24, 2.45) is 0 Å². The van der Waals surface area contributed by atoms with Gasteiger partial charge in [-0.1, -0.05) is 121 Å². The molecule has 0 N–H and O–H groups in total. The highest BCUT2D eigenvalue weighted by molar-refractivity contribution is 7.26. The lowest BCUT2D eigenvalue weighted by Crippen LogP contribution is -1.93. The topological polar surface area (TPSA) is 4.93 Å². The Hall–Kier alpha value is -5.96. The van der Waals surface area contributed by atoms with Gasteiger partial charge >= 0.3 is 0 Å². The van der Waals surface area contributed by atoms with E-state index in [1.54, 1.807) is 0 Å². The second kappa shape index (κ2) is 10.8. The molecule has 224 valence electrons. The van der Waals surface area contributed by atoms with Crippen LogP contribution in [0.5, 0.6) is 0 Å². The Labute approximate surface area is 282 Å². The molecule has 10 rings (SSSR count). The minimum absolute atomic E-state index is 1.17. The molecule has 0 amide bonds. The molecule has 1 nitrogen and oxygen atoms in total. The average molecular weight is 628 g/mol. The Morgan fingerprint density at radius 1 is 0.354 bits per heavy atom. The fraction of sp³-hybridized carbons (Fsp3) is 0. The van der Waals surface area contributed by atoms with Gasteiger partial charge in [-0.15, -0.1) is 11.3 Å². The standard InChI is InChI=1S/C46H29NS/c1-3-11-30(12-4-1)35-25-36(31-13-5-2-6-14-31)27-37(26-35)32-19-21-38(22-20-32)47-42-18-10-9-17-40(42)45-43(47)24-23-39-41-28-33-15-7-8-16-34(33)29-44(41)48-46(39)45/h1-29H. The van der Waals surface area contributed by atoms with E-state index in [2.05, 4.69) is 180 Å². The number of rotatable bonds is 4. The summed E-state index contributed by atoms with van der Waals surface area (Å²) in [6, 6.07) is 64.3. The van der Waals surface area contributed by atoms with Gasteiger partial charge in [0.2, 0.25) is 0 Å². The maximum atomic E-state index is 2.44.